The van der Waals surface area contributed by atoms with Crippen LogP contribution < -0.4 is 20.1 Å². The summed E-state index contributed by atoms with van der Waals surface area (Å²) in [5.41, 5.74) is 2.59. The van der Waals surface area contributed by atoms with Gasteiger partial charge in [-0.1, -0.05) is 68.8 Å². The number of aromatic carboxylic acids is 1. The number of hydrogen-bond acceptors (Lipinski definition) is 5. The van der Waals surface area contributed by atoms with E-state index in [2.05, 4.69) is 36.4 Å². The van der Waals surface area contributed by atoms with Gasteiger partial charge in [-0.15, -0.1) is 0 Å². The molecule has 1 aromatic heterocycles. The molecule has 3 N–H and O–H groups in total. The number of para-hydroxylation sites is 2. The third-order valence-corrected chi connectivity index (χ3v) is 6.22. The molecule has 8 nitrogen and oxygen atoms in total. The fourth-order valence-corrected chi connectivity index (χ4v) is 4.14. The van der Waals surface area contributed by atoms with E-state index in [4.69, 9.17) is 21.1 Å². The topological polar surface area (TPSA) is 110 Å². The number of nitrogens with zero attached hydrogens (tertiary/aromatic N) is 1. The van der Waals surface area contributed by atoms with Gasteiger partial charge in [0.05, 0.1) is 17.8 Å². The fraction of sp³-hybridized carbons (Fsp3) is 0.167. The summed E-state index contributed by atoms with van der Waals surface area (Å²) in [5.74, 6) is -0.137. The molecule has 200 valence electrons. The van der Waals surface area contributed by atoms with Crippen LogP contribution in [0.4, 0.5) is 16.2 Å². The zero-order valence-corrected chi connectivity index (χ0v) is 22.7. The molecule has 0 saturated heterocycles. The zero-order valence-electron chi connectivity index (χ0n) is 21.9. The van der Waals surface area contributed by atoms with Gasteiger partial charge in [-0.25, -0.2) is 14.6 Å². The van der Waals surface area contributed by atoms with Crippen molar-refractivity contribution in [3.05, 3.63) is 95.1 Å². The standard InChI is InChI=1S/C30H28ClN3O5/c1-30(2,3)21-9-5-8-12-26(21)39-27-24(34-29(37)33-23-11-7-6-10-22(23)31)16-19(17-32-27)18-13-14-25(38-4)20(15-18)28(35)36/h5-17H,1-4H3,(H,35,36)(H2,33,34,37). The number of urea groups is 1. The number of carbonyl (C=O) groups is 2. The van der Waals surface area contributed by atoms with Gasteiger partial charge in [0, 0.05) is 17.3 Å². The Morgan fingerprint density at radius 1 is 0.872 bits per heavy atom. The highest BCUT2D eigenvalue weighted by molar-refractivity contribution is 6.33. The number of benzene rings is 3. The summed E-state index contributed by atoms with van der Waals surface area (Å²) < 4.78 is 11.4. The van der Waals surface area contributed by atoms with E-state index in [0.717, 1.165) is 5.56 Å². The van der Waals surface area contributed by atoms with Crippen LogP contribution in [0.1, 0.15) is 36.7 Å². The van der Waals surface area contributed by atoms with Gasteiger partial charge in [0.15, 0.2) is 0 Å². The number of rotatable bonds is 7. The minimum atomic E-state index is -1.13. The number of hydrogen-bond donors (Lipinski definition) is 3. The minimum absolute atomic E-state index is 0.000373. The number of anilines is 2. The van der Waals surface area contributed by atoms with E-state index >= 15 is 0 Å². The molecule has 0 bridgehead atoms. The van der Waals surface area contributed by atoms with Gasteiger partial charge in [0.1, 0.15) is 22.7 Å². The third kappa shape index (κ3) is 6.48. The minimum Gasteiger partial charge on any atom is -0.496 e. The number of nitrogens with one attached hydrogen (secondary N) is 2. The number of ether oxygens (including phenoxy) is 2. The van der Waals surface area contributed by atoms with Crippen molar-refractivity contribution in [3.8, 4) is 28.5 Å². The Hall–Kier alpha value is -4.56. The molecule has 2 amide bonds. The normalized spacial score (nSPS) is 11.0. The monoisotopic (exact) mass is 545 g/mol. The molecule has 0 atom stereocenters. The lowest BCUT2D eigenvalue weighted by molar-refractivity contribution is 0.0693. The molecule has 4 rings (SSSR count). The summed E-state index contributed by atoms with van der Waals surface area (Å²) in [6.45, 7) is 6.23. The van der Waals surface area contributed by atoms with Crippen LogP contribution in [0.15, 0.2) is 79.0 Å². The van der Waals surface area contributed by atoms with Crippen molar-refractivity contribution < 1.29 is 24.2 Å². The van der Waals surface area contributed by atoms with Crippen molar-refractivity contribution in [3.63, 3.8) is 0 Å². The number of pyridine rings is 1. The van der Waals surface area contributed by atoms with Crippen LogP contribution in [0, 0.1) is 0 Å². The molecule has 39 heavy (non-hydrogen) atoms. The van der Waals surface area contributed by atoms with Crippen LogP contribution in [0.25, 0.3) is 11.1 Å². The molecular formula is C30H28ClN3O5. The third-order valence-electron chi connectivity index (χ3n) is 5.89. The average Bonchev–Trinajstić information content (AvgIpc) is 2.90. The predicted octanol–water partition coefficient (Wildman–Crippen LogP) is 7.84. The van der Waals surface area contributed by atoms with Crippen molar-refractivity contribution in [1.82, 2.24) is 4.98 Å². The summed E-state index contributed by atoms with van der Waals surface area (Å²) in [6.07, 6.45) is 1.56. The number of amides is 2. The van der Waals surface area contributed by atoms with Crippen molar-refractivity contribution >= 4 is 35.0 Å². The van der Waals surface area contributed by atoms with Gasteiger partial charge in [0.25, 0.3) is 0 Å². The van der Waals surface area contributed by atoms with Gasteiger partial charge in [-0.05, 0) is 47.4 Å². The molecule has 4 aromatic rings. The Labute approximate surface area is 231 Å². The quantitative estimate of drug-likeness (QED) is 0.218. The van der Waals surface area contributed by atoms with Gasteiger partial charge in [-0.2, -0.15) is 0 Å². The van der Waals surface area contributed by atoms with Crippen molar-refractivity contribution in [2.75, 3.05) is 17.7 Å². The molecule has 0 saturated carbocycles. The Morgan fingerprint density at radius 2 is 1.56 bits per heavy atom. The molecule has 0 aliphatic rings. The van der Waals surface area contributed by atoms with Gasteiger partial charge < -0.3 is 25.2 Å². The largest absolute Gasteiger partial charge is 0.496 e. The summed E-state index contributed by atoms with van der Waals surface area (Å²) in [4.78, 5) is 29.2. The van der Waals surface area contributed by atoms with Crippen molar-refractivity contribution in [2.24, 2.45) is 0 Å². The maximum Gasteiger partial charge on any atom is 0.339 e. The second kappa shape index (κ2) is 11.4. The molecule has 3 aromatic carbocycles. The van der Waals surface area contributed by atoms with Gasteiger partial charge >= 0.3 is 12.0 Å². The highest BCUT2D eigenvalue weighted by Crippen LogP contribution is 2.37. The summed E-state index contributed by atoms with van der Waals surface area (Å²) in [7, 11) is 1.41. The molecule has 0 spiro atoms. The van der Waals surface area contributed by atoms with E-state index < -0.39 is 12.0 Å². The van der Waals surface area contributed by atoms with Gasteiger partial charge in [-0.3, -0.25) is 0 Å². The fourth-order valence-electron chi connectivity index (χ4n) is 3.95. The van der Waals surface area contributed by atoms with Crippen LogP contribution in [-0.4, -0.2) is 29.2 Å². The Bertz CT molecular complexity index is 1530. The number of carboxylic acids is 1. The molecular weight excluding hydrogens is 518 g/mol. The predicted molar refractivity (Wildman–Crippen MR) is 152 cm³/mol. The highest BCUT2D eigenvalue weighted by atomic mass is 35.5. The lowest BCUT2D eigenvalue weighted by Crippen LogP contribution is -2.20. The van der Waals surface area contributed by atoms with Crippen molar-refractivity contribution in [1.29, 1.82) is 0 Å². The first-order valence-electron chi connectivity index (χ1n) is 12.1. The summed E-state index contributed by atoms with van der Waals surface area (Å²) >= 11 is 6.20. The Balaban J connectivity index is 1.75. The first-order valence-corrected chi connectivity index (χ1v) is 12.5. The SMILES string of the molecule is COc1ccc(-c2cnc(Oc3ccccc3C(C)(C)C)c(NC(=O)Nc3ccccc3Cl)c2)cc1C(=O)O. The number of aromatic nitrogens is 1. The van der Waals surface area contributed by atoms with Gasteiger partial charge in [0.2, 0.25) is 5.88 Å². The molecule has 0 aliphatic heterocycles. The maximum absolute atomic E-state index is 13.0. The lowest BCUT2D eigenvalue weighted by Gasteiger charge is -2.23. The van der Waals surface area contributed by atoms with E-state index in [0.29, 0.717) is 27.6 Å². The summed E-state index contributed by atoms with van der Waals surface area (Å²) in [6, 6.07) is 20.4. The van der Waals surface area contributed by atoms with Crippen LogP contribution in [-0.2, 0) is 5.41 Å². The molecule has 0 unspecified atom stereocenters. The molecule has 0 fully saturated rings. The van der Waals surface area contributed by atoms with E-state index in [9.17, 15) is 14.7 Å². The number of halogens is 1. The summed E-state index contributed by atoms with van der Waals surface area (Å²) in [5, 5.41) is 15.5. The highest BCUT2D eigenvalue weighted by Gasteiger charge is 2.21. The molecule has 1 heterocycles. The van der Waals surface area contributed by atoms with Crippen LogP contribution >= 0.6 is 11.6 Å². The first-order chi connectivity index (χ1) is 18.6. The number of methoxy groups -OCH3 is 1. The van der Waals surface area contributed by atoms with E-state index in [1.54, 1.807) is 48.7 Å². The molecule has 0 radical (unpaired) electrons. The van der Waals surface area contributed by atoms with E-state index in [1.807, 2.05) is 24.3 Å². The first kappa shape index (κ1) is 27.5. The Morgan fingerprint density at radius 3 is 2.26 bits per heavy atom. The molecule has 0 aliphatic carbocycles. The van der Waals surface area contributed by atoms with Crippen LogP contribution in [0.3, 0.4) is 0 Å². The maximum atomic E-state index is 13.0. The lowest BCUT2D eigenvalue weighted by atomic mass is 9.86. The molecule has 9 heteroatoms. The average molecular weight is 546 g/mol. The second-order valence-electron chi connectivity index (χ2n) is 9.70. The van der Waals surface area contributed by atoms with Crippen LogP contribution in [0.2, 0.25) is 5.02 Å². The number of carbonyl (C=O) groups excluding carboxylic acids is 1. The van der Waals surface area contributed by atoms with E-state index in [1.165, 1.54) is 13.2 Å². The van der Waals surface area contributed by atoms with Crippen molar-refractivity contribution in [2.45, 2.75) is 26.2 Å². The zero-order chi connectivity index (χ0) is 28.2. The Kier molecular flexibility index (Phi) is 8.07. The smallest absolute Gasteiger partial charge is 0.339 e. The van der Waals surface area contributed by atoms with E-state index in [-0.39, 0.29) is 28.3 Å². The van der Waals surface area contributed by atoms with Crippen LogP contribution in [0.5, 0.6) is 17.4 Å². The second-order valence-corrected chi connectivity index (χ2v) is 10.1. The number of carboxylic acid groups (broad SMARTS) is 1.